The first-order valence-electron chi connectivity index (χ1n) is 7.96. The van der Waals surface area contributed by atoms with Crippen molar-refractivity contribution >= 4 is 11.6 Å². The lowest BCUT2D eigenvalue weighted by atomic mass is 9.90. The SMILES string of the molecule is CCCCCC(Cl)c1c(CC)cc(CC)cc1CC. The molecule has 1 heteroatoms. The van der Waals surface area contributed by atoms with Gasteiger partial charge < -0.3 is 0 Å². The Balaban J connectivity index is 3.02. The summed E-state index contributed by atoms with van der Waals surface area (Å²) in [7, 11) is 0. The van der Waals surface area contributed by atoms with E-state index in [4.69, 9.17) is 11.6 Å². The van der Waals surface area contributed by atoms with Crippen molar-refractivity contribution in [1.29, 1.82) is 0 Å². The van der Waals surface area contributed by atoms with Gasteiger partial charge in [0.05, 0.1) is 5.38 Å². The van der Waals surface area contributed by atoms with E-state index in [1.54, 1.807) is 0 Å². The van der Waals surface area contributed by atoms with Gasteiger partial charge in [0.25, 0.3) is 0 Å². The minimum atomic E-state index is 0.197. The van der Waals surface area contributed by atoms with Crippen molar-refractivity contribution in [2.45, 2.75) is 78.0 Å². The van der Waals surface area contributed by atoms with Crippen LogP contribution in [0, 0.1) is 0 Å². The van der Waals surface area contributed by atoms with Gasteiger partial charge in [-0.1, -0.05) is 59.1 Å². The Morgan fingerprint density at radius 2 is 1.47 bits per heavy atom. The fraction of sp³-hybridized carbons (Fsp3) is 0.667. The zero-order valence-corrected chi connectivity index (χ0v) is 13.8. The first kappa shape index (κ1) is 16.6. The Kier molecular flexibility index (Phi) is 7.53. The van der Waals surface area contributed by atoms with Crippen LogP contribution in [-0.4, -0.2) is 0 Å². The van der Waals surface area contributed by atoms with E-state index in [-0.39, 0.29) is 5.38 Å². The van der Waals surface area contributed by atoms with E-state index in [9.17, 15) is 0 Å². The fourth-order valence-electron chi connectivity index (χ4n) is 2.76. The first-order valence-corrected chi connectivity index (χ1v) is 8.40. The van der Waals surface area contributed by atoms with Crippen molar-refractivity contribution in [3.63, 3.8) is 0 Å². The molecule has 1 atom stereocenters. The highest BCUT2D eigenvalue weighted by atomic mass is 35.5. The molecule has 0 aliphatic heterocycles. The topological polar surface area (TPSA) is 0 Å². The average molecular weight is 281 g/mol. The lowest BCUT2D eigenvalue weighted by molar-refractivity contribution is 0.650. The summed E-state index contributed by atoms with van der Waals surface area (Å²) in [5.41, 5.74) is 5.82. The maximum atomic E-state index is 6.71. The minimum absolute atomic E-state index is 0.197. The first-order chi connectivity index (χ1) is 9.17. The Labute approximate surface area is 124 Å². The predicted octanol–water partition coefficient (Wildman–Crippen LogP) is 6.23. The largest absolute Gasteiger partial charge is 0.118 e. The molecule has 0 saturated heterocycles. The number of aryl methyl sites for hydroxylation is 3. The number of rotatable bonds is 8. The van der Waals surface area contributed by atoms with Crippen molar-refractivity contribution in [3.8, 4) is 0 Å². The third-order valence-corrected chi connectivity index (χ3v) is 4.39. The molecule has 108 valence electrons. The molecule has 0 saturated carbocycles. The highest BCUT2D eigenvalue weighted by Gasteiger charge is 2.16. The Hall–Kier alpha value is -0.490. The Morgan fingerprint density at radius 1 is 0.895 bits per heavy atom. The molecule has 0 fully saturated rings. The van der Waals surface area contributed by atoms with Gasteiger partial charge in [0.1, 0.15) is 0 Å². The van der Waals surface area contributed by atoms with Crippen molar-refractivity contribution in [1.82, 2.24) is 0 Å². The van der Waals surface area contributed by atoms with E-state index >= 15 is 0 Å². The monoisotopic (exact) mass is 280 g/mol. The molecule has 0 aliphatic rings. The summed E-state index contributed by atoms with van der Waals surface area (Å²) in [6, 6.07) is 4.73. The van der Waals surface area contributed by atoms with Gasteiger partial charge in [0.2, 0.25) is 0 Å². The van der Waals surface area contributed by atoms with Crippen molar-refractivity contribution in [2.75, 3.05) is 0 Å². The van der Waals surface area contributed by atoms with Crippen LogP contribution < -0.4 is 0 Å². The molecule has 1 unspecified atom stereocenters. The van der Waals surface area contributed by atoms with Gasteiger partial charge in [-0.05, 0) is 47.9 Å². The van der Waals surface area contributed by atoms with Gasteiger partial charge in [0, 0.05) is 0 Å². The van der Waals surface area contributed by atoms with Crippen LogP contribution in [0.3, 0.4) is 0 Å². The average Bonchev–Trinajstić information content (AvgIpc) is 2.45. The number of hydrogen-bond donors (Lipinski definition) is 0. The number of hydrogen-bond acceptors (Lipinski definition) is 0. The summed E-state index contributed by atoms with van der Waals surface area (Å²) < 4.78 is 0. The zero-order chi connectivity index (χ0) is 14.3. The van der Waals surface area contributed by atoms with Crippen molar-refractivity contribution < 1.29 is 0 Å². The van der Waals surface area contributed by atoms with E-state index in [0.717, 1.165) is 25.7 Å². The zero-order valence-electron chi connectivity index (χ0n) is 13.1. The molecule has 0 spiro atoms. The molecule has 0 bridgehead atoms. The van der Waals surface area contributed by atoms with Gasteiger partial charge in [-0.3, -0.25) is 0 Å². The van der Waals surface area contributed by atoms with Gasteiger partial charge in [-0.15, -0.1) is 11.6 Å². The molecule has 1 aromatic carbocycles. The number of alkyl halides is 1. The molecule has 0 amide bonds. The second kappa shape index (κ2) is 8.64. The predicted molar refractivity (Wildman–Crippen MR) is 87.3 cm³/mol. The lowest BCUT2D eigenvalue weighted by Crippen LogP contribution is -2.04. The molecule has 0 radical (unpaired) electrons. The van der Waals surface area contributed by atoms with Gasteiger partial charge in [0.15, 0.2) is 0 Å². The van der Waals surface area contributed by atoms with E-state index in [0.29, 0.717) is 0 Å². The van der Waals surface area contributed by atoms with Gasteiger partial charge in [-0.2, -0.15) is 0 Å². The van der Waals surface area contributed by atoms with E-state index in [2.05, 4.69) is 39.8 Å². The van der Waals surface area contributed by atoms with Gasteiger partial charge in [-0.25, -0.2) is 0 Å². The Morgan fingerprint density at radius 3 is 1.89 bits per heavy atom. The van der Waals surface area contributed by atoms with Crippen LogP contribution in [0.15, 0.2) is 12.1 Å². The summed E-state index contributed by atoms with van der Waals surface area (Å²) in [4.78, 5) is 0. The quantitative estimate of drug-likeness (QED) is 0.391. The second-order valence-corrected chi connectivity index (χ2v) is 5.88. The summed E-state index contributed by atoms with van der Waals surface area (Å²) in [6.45, 7) is 8.96. The maximum absolute atomic E-state index is 6.71. The molecular formula is C18H29Cl. The van der Waals surface area contributed by atoms with Crippen molar-refractivity contribution in [3.05, 3.63) is 34.4 Å². The lowest BCUT2D eigenvalue weighted by Gasteiger charge is -2.20. The minimum Gasteiger partial charge on any atom is -0.118 e. The molecule has 0 heterocycles. The molecule has 0 aliphatic carbocycles. The van der Waals surface area contributed by atoms with E-state index < -0.39 is 0 Å². The molecule has 0 aromatic heterocycles. The standard InChI is InChI=1S/C18H29Cl/c1-5-9-10-11-17(19)18-15(7-3)12-14(6-2)13-16(18)8-4/h12-13,17H,5-11H2,1-4H3. The summed E-state index contributed by atoms with van der Waals surface area (Å²) in [5.74, 6) is 0. The van der Waals surface area contributed by atoms with Crippen LogP contribution in [-0.2, 0) is 19.3 Å². The molecule has 1 aromatic rings. The van der Waals surface area contributed by atoms with Crippen LogP contribution in [0.25, 0.3) is 0 Å². The highest BCUT2D eigenvalue weighted by Crippen LogP contribution is 2.34. The highest BCUT2D eigenvalue weighted by molar-refractivity contribution is 6.21. The maximum Gasteiger partial charge on any atom is 0.0590 e. The molecular weight excluding hydrogens is 252 g/mol. The van der Waals surface area contributed by atoms with Crippen LogP contribution >= 0.6 is 11.6 Å². The molecule has 0 N–H and O–H groups in total. The third kappa shape index (κ3) is 4.53. The van der Waals surface area contributed by atoms with Crippen molar-refractivity contribution in [2.24, 2.45) is 0 Å². The molecule has 19 heavy (non-hydrogen) atoms. The van der Waals surface area contributed by atoms with Gasteiger partial charge >= 0.3 is 0 Å². The van der Waals surface area contributed by atoms with Crippen LogP contribution in [0.4, 0.5) is 0 Å². The Bertz CT molecular complexity index is 356. The summed E-state index contributed by atoms with van der Waals surface area (Å²) >= 11 is 6.71. The molecule has 0 nitrogen and oxygen atoms in total. The molecule has 1 rings (SSSR count). The third-order valence-electron chi connectivity index (χ3n) is 3.96. The normalized spacial score (nSPS) is 12.7. The second-order valence-electron chi connectivity index (χ2n) is 5.35. The summed E-state index contributed by atoms with van der Waals surface area (Å²) in [5, 5.41) is 0.197. The smallest absolute Gasteiger partial charge is 0.0590 e. The number of benzene rings is 1. The van der Waals surface area contributed by atoms with E-state index in [1.807, 2.05) is 0 Å². The number of halogens is 1. The van der Waals surface area contributed by atoms with Crippen LogP contribution in [0.5, 0.6) is 0 Å². The van der Waals surface area contributed by atoms with Crippen LogP contribution in [0.1, 0.15) is 81.0 Å². The number of unbranched alkanes of at least 4 members (excludes halogenated alkanes) is 2. The fourth-order valence-corrected chi connectivity index (χ4v) is 3.19. The van der Waals surface area contributed by atoms with E-state index in [1.165, 1.54) is 41.5 Å². The van der Waals surface area contributed by atoms with Crippen LogP contribution in [0.2, 0.25) is 0 Å². The summed E-state index contributed by atoms with van der Waals surface area (Å²) in [6.07, 6.45) is 8.20.